The third-order valence-electron chi connectivity index (χ3n) is 5.43. The largest absolute Gasteiger partial charge is 0.334 e. The zero-order valence-electron chi connectivity index (χ0n) is 15.8. The number of aryl methyl sites for hydroxylation is 2. The van der Waals surface area contributed by atoms with Crippen molar-refractivity contribution in [3.63, 3.8) is 0 Å². The first-order valence-corrected chi connectivity index (χ1v) is 9.65. The Bertz CT molecular complexity index is 677. The highest BCUT2D eigenvalue weighted by Gasteiger charge is 2.40. The maximum absolute atomic E-state index is 12.8. The van der Waals surface area contributed by atoms with Crippen LogP contribution in [0.15, 0.2) is 11.6 Å². The number of nitrogens with zero attached hydrogens (tertiary/aromatic N) is 4. The molecule has 3 aliphatic rings. The maximum Gasteiger partial charge on any atom is 0.227 e. The SMILES string of the molecule is CCc1nn(C)c(Cl)c1CN1C[C@H]2CC[C@@H](C1)N(CC=C(C)C)C2=O. The van der Waals surface area contributed by atoms with E-state index in [1.807, 2.05) is 7.05 Å². The number of carbonyl (C=O) groups excluding carboxylic acids is 1. The lowest BCUT2D eigenvalue weighted by Crippen LogP contribution is -2.47. The summed E-state index contributed by atoms with van der Waals surface area (Å²) < 4.78 is 1.76. The van der Waals surface area contributed by atoms with Gasteiger partial charge in [0.2, 0.25) is 5.91 Å². The Balaban J connectivity index is 1.78. The zero-order valence-corrected chi connectivity index (χ0v) is 16.5. The van der Waals surface area contributed by atoms with E-state index in [0.717, 1.165) is 61.9 Å². The second-order valence-electron chi connectivity index (χ2n) is 7.59. The lowest BCUT2D eigenvalue weighted by atomic mass is 9.94. The average Bonchev–Trinajstić information content (AvgIpc) is 2.72. The van der Waals surface area contributed by atoms with E-state index in [1.165, 1.54) is 5.57 Å². The number of allylic oxidation sites excluding steroid dienone is 1. The number of hydrogen-bond donors (Lipinski definition) is 0. The third kappa shape index (κ3) is 3.77. The Labute approximate surface area is 155 Å². The van der Waals surface area contributed by atoms with Crippen molar-refractivity contribution in [1.29, 1.82) is 0 Å². The van der Waals surface area contributed by atoms with Crippen LogP contribution in [0.1, 0.15) is 44.9 Å². The lowest BCUT2D eigenvalue weighted by molar-refractivity contribution is -0.139. The van der Waals surface area contributed by atoms with E-state index in [0.29, 0.717) is 11.9 Å². The van der Waals surface area contributed by atoms with Crippen LogP contribution in [0.5, 0.6) is 0 Å². The van der Waals surface area contributed by atoms with E-state index < -0.39 is 0 Å². The van der Waals surface area contributed by atoms with Gasteiger partial charge >= 0.3 is 0 Å². The molecule has 5 nitrogen and oxygen atoms in total. The van der Waals surface area contributed by atoms with Crippen LogP contribution in [0.3, 0.4) is 0 Å². The molecule has 0 aliphatic carbocycles. The minimum absolute atomic E-state index is 0.116. The molecule has 4 heterocycles. The first kappa shape index (κ1) is 18.5. The number of piperidine rings is 1. The molecule has 3 saturated heterocycles. The van der Waals surface area contributed by atoms with E-state index in [1.54, 1.807) is 4.68 Å². The molecule has 0 aromatic carbocycles. The summed E-state index contributed by atoms with van der Waals surface area (Å²) in [6.07, 6.45) is 5.15. The molecule has 3 aliphatic heterocycles. The standard InChI is InChI=1S/C19H29ClN4O/c1-5-17-16(18(20)22(4)21-17)12-23-10-14-6-7-15(11-23)24(19(14)25)9-8-13(2)3/h8,14-15H,5-7,9-12H2,1-4H3/t14-,15+/m1/s1. The second-order valence-corrected chi connectivity index (χ2v) is 7.95. The minimum Gasteiger partial charge on any atom is -0.334 e. The number of carbonyl (C=O) groups is 1. The molecular formula is C19H29ClN4O. The first-order chi connectivity index (χ1) is 11.9. The predicted molar refractivity (Wildman–Crippen MR) is 101 cm³/mol. The molecule has 0 saturated carbocycles. The topological polar surface area (TPSA) is 41.4 Å². The van der Waals surface area contributed by atoms with Gasteiger partial charge in [-0.25, -0.2) is 0 Å². The van der Waals surface area contributed by atoms with Gasteiger partial charge in [-0.2, -0.15) is 5.10 Å². The Hall–Kier alpha value is -1.33. The molecule has 0 radical (unpaired) electrons. The van der Waals surface area contributed by atoms with Gasteiger partial charge in [0.25, 0.3) is 0 Å². The van der Waals surface area contributed by atoms with Crippen LogP contribution in [0.2, 0.25) is 5.15 Å². The summed E-state index contributed by atoms with van der Waals surface area (Å²) in [6, 6.07) is 0.308. The molecular weight excluding hydrogens is 336 g/mol. The van der Waals surface area contributed by atoms with Gasteiger partial charge in [-0.1, -0.05) is 30.2 Å². The first-order valence-electron chi connectivity index (χ1n) is 9.27. The van der Waals surface area contributed by atoms with Crippen LogP contribution >= 0.6 is 11.6 Å². The van der Waals surface area contributed by atoms with Crippen molar-refractivity contribution in [2.75, 3.05) is 19.6 Å². The van der Waals surface area contributed by atoms with Crippen LogP contribution in [0, 0.1) is 5.92 Å². The van der Waals surface area contributed by atoms with E-state index in [9.17, 15) is 4.79 Å². The monoisotopic (exact) mass is 364 g/mol. The van der Waals surface area contributed by atoms with E-state index in [2.05, 4.69) is 41.7 Å². The fourth-order valence-electron chi connectivity index (χ4n) is 4.04. The molecule has 25 heavy (non-hydrogen) atoms. The normalized spacial score (nSPS) is 23.9. The van der Waals surface area contributed by atoms with E-state index in [4.69, 9.17) is 11.6 Å². The van der Waals surface area contributed by atoms with Gasteiger partial charge in [-0.3, -0.25) is 14.4 Å². The number of halogens is 1. The Morgan fingerprint density at radius 1 is 1.32 bits per heavy atom. The summed E-state index contributed by atoms with van der Waals surface area (Å²) in [4.78, 5) is 17.3. The molecule has 0 spiro atoms. The zero-order chi connectivity index (χ0) is 18.1. The number of fused-ring (bicyclic) bond motifs is 4. The summed E-state index contributed by atoms with van der Waals surface area (Å²) >= 11 is 6.47. The van der Waals surface area contributed by atoms with Gasteiger partial charge < -0.3 is 4.90 Å². The lowest BCUT2D eigenvalue weighted by Gasteiger charge is -2.35. The van der Waals surface area contributed by atoms with Gasteiger partial charge in [-0.15, -0.1) is 0 Å². The summed E-state index contributed by atoms with van der Waals surface area (Å²) in [5.41, 5.74) is 3.45. The summed E-state index contributed by atoms with van der Waals surface area (Å²) in [5.74, 6) is 0.439. The smallest absolute Gasteiger partial charge is 0.227 e. The molecule has 6 heteroatoms. The minimum atomic E-state index is 0.116. The molecule has 1 aromatic heterocycles. The molecule has 1 amide bonds. The van der Waals surface area contributed by atoms with Crippen molar-refractivity contribution < 1.29 is 4.79 Å². The van der Waals surface area contributed by atoms with Crippen molar-refractivity contribution in [3.05, 3.63) is 28.1 Å². The van der Waals surface area contributed by atoms with E-state index in [-0.39, 0.29) is 5.92 Å². The number of rotatable bonds is 5. The van der Waals surface area contributed by atoms with Crippen molar-refractivity contribution in [1.82, 2.24) is 19.6 Å². The van der Waals surface area contributed by atoms with E-state index >= 15 is 0 Å². The highest BCUT2D eigenvalue weighted by atomic mass is 35.5. The maximum atomic E-state index is 12.8. The van der Waals surface area contributed by atoms with Crippen LogP contribution in [-0.2, 0) is 24.8 Å². The average molecular weight is 365 g/mol. The summed E-state index contributed by atoms with van der Waals surface area (Å²) in [6.45, 7) is 9.56. The summed E-state index contributed by atoms with van der Waals surface area (Å²) in [5, 5.41) is 5.25. The molecule has 2 atom stereocenters. The van der Waals surface area contributed by atoms with Crippen LogP contribution in [-0.4, -0.2) is 51.2 Å². The highest BCUT2D eigenvalue weighted by molar-refractivity contribution is 6.30. The van der Waals surface area contributed by atoms with Crippen molar-refractivity contribution >= 4 is 17.5 Å². The van der Waals surface area contributed by atoms with Crippen molar-refractivity contribution in [2.24, 2.45) is 13.0 Å². The third-order valence-corrected chi connectivity index (χ3v) is 5.91. The molecule has 1 aromatic rings. The number of hydrogen-bond acceptors (Lipinski definition) is 3. The van der Waals surface area contributed by atoms with Crippen LogP contribution in [0.4, 0.5) is 0 Å². The fraction of sp³-hybridized carbons (Fsp3) is 0.684. The number of amides is 1. The summed E-state index contributed by atoms with van der Waals surface area (Å²) in [7, 11) is 1.89. The van der Waals surface area contributed by atoms with Gasteiger partial charge in [0.1, 0.15) is 5.15 Å². The van der Waals surface area contributed by atoms with Crippen LogP contribution in [0.25, 0.3) is 0 Å². The van der Waals surface area contributed by atoms with Gasteiger partial charge in [0.05, 0.1) is 11.6 Å². The van der Waals surface area contributed by atoms with Crippen molar-refractivity contribution in [2.45, 2.75) is 52.6 Å². The van der Waals surface area contributed by atoms with Crippen LogP contribution < -0.4 is 0 Å². The fourth-order valence-corrected chi connectivity index (χ4v) is 4.25. The van der Waals surface area contributed by atoms with Crippen molar-refractivity contribution in [3.8, 4) is 0 Å². The van der Waals surface area contributed by atoms with Gasteiger partial charge in [0.15, 0.2) is 0 Å². The quantitative estimate of drug-likeness (QED) is 0.754. The van der Waals surface area contributed by atoms with Gasteiger partial charge in [-0.05, 0) is 33.1 Å². The highest BCUT2D eigenvalue weighted by Crippen LogP contribution is 2.31. The molecule has 0 unspecified atom stereocenters. The molecule has 4 rings (SSSR count). The molecule has 2 bridgehead atoms. The number of aromatic nitrogens is 2. The molecule has 3 fully saturated rings. The molecule has 0 N–H and O–H groups in total. The second kappa shape index (κ2) is 7.50. The Morgan fingerprint density at radius 3 is 2.76 bits per heavy atom. The predicted octanol–water partition coefficient (Wildman–Crippen LogP) is 3.02. The van der Waals surface area contributed by atoms with Gasteiger partial charge in [0, 0.05) is 44.8 Å². The Morgan fingerprint density at radius 2 is 2.08 bits per heavy atom. The Kier molecular flexibility index (Phi) is 5.54. The molecule has 138 valence electrons.